The Morgan fingerprint density at radius 1 is 1.00 bits per heavy atom. The van der Waals surface area contributed by atoms with Gasteiger partial charge in [-0.05, 0) is 36.6 Å². The molecule has 0 atom stereocenters. The molecule has 1 saturated carbocycles. The summed E-state index contributed by atoms with van der Waals surface area (Å²) in [4.78, 5) is 22.9. The van der Waals surface area contributed by atoms with Crippen LogP contribution in [0.1, 0.15) is 44.9 Å². The largest absolute Gasteiger partial charge is 0.353 e. The van der Waals surface area contributed by atoms with Crippen LogP contribution in [-0.2, 0) is 14.8 Å². The molecule has 0 radical (unpaired) electrons. The van der Waals surface area contributed by atoms with Crippen LogP contribution in [0.15, 0.2) is 47.8 Å². The van der Waals surface area contributed by atoms with E-state index in [0.717, 1.165) is 12.2 Å². The maximum atomic E-state index is 13.0. The molecule has 0 unspecified atom stereocenters. The number of rotatable bonds is 7. The second kappa shape index (κ2) is 10.4. The lowest BCUT2D eigenvalue weighted by Crippen LogP contribution is -2.48. The second-order valence-corrected chi connectivity index (χ2v) is 10.5. The highest BCUT2D eigenvalue weighted by molar-refractivity contribution is 7.89. The van der Waals surface area contributed by atoms with Crippen LogP contribution < -0.4 is 10.2 Å². The van der Waals surface area contributed by atoms with Crippen molar-refractivity contribution in [2.75, 3.05) is 36.4 Å². The van der Waals surface area contributed by atoms with Gasteiger partial charge in [-0.1, -0.05) is 32.1 Å². The van der Waals surface area contributed by atoms with E-state index in [1.165, 1.54) is 36.4 Å². The molecule has 2 heterocycles. The standard InChI is InChI=1S/C23H31N5O3S/c29-23(11-6-19-4-2-1-3-5-19)26-20-7-9-21(10-8-20)32(30,31)28-16-14-27(15-17-28)22-18-24-12-13-25-22/h7-10,12-13,18-19H,1-6,11,14-17H2,(H,26,29). The van der Waals surface area contributed by atoms with Gasteiger partial charge in [-0.25, -0.2) is 13.4 Å². The number of carbonyl (C=O) groups is 1. The number of hydrogen-bond acceptors (Lipinski definition) is 6. The predicted molar refractivity (Wildman–Crippen MR) is 124 cm³/mol. The maximum Gasteiger partial charge on any atom is 0.243 e. The topological polar surface area (TPSA) is 95.5 Å². The first-order chi connectivity index (χ1) is 15.5. The highest BCUT2D eigenvalue weighted by Gasteiger charge is 2.29. The molecule has 1 N–H and O–H groups in total. The van der Waals surface area contributed by atoms with E-state index in [1.807, 2.05) is 4.90 Å². The third kappa shape index (κ3) is 5.63. The summed E-state index contributed by atoms with van der Waals surface area (Å²) in [5.41, 5.74) is 0.630. The van der Waals surface area contributed by atoms with Gasteiger partial charge in [0, 0.05) is 50.7 Å². The van der Waals surface area contributed by atoms with E-state index >= 15 is 0 Å². The fraction of sp³-hybridized carbons (Fsp3) is 0.522. The zero-order valence-electron chi connectivity index (χ0n) is 18.3. The lowest BCUT2D eigenvalue weighted by Gasteiger charge is -2.34. The number of benzene rings is 1. The Kier molecular flexibility index (Phi) is 7.36. The van der Waals surface area contributed by atoms with E-state index in [-0.39, 0.29) is 10.8 Å². The van der Waals surface area contributed by atoms with Gasteiger partial charge in [0.15, 0.2) is 0 Å². The van der Waals surface area contributed by atoms with Gasteiger partial charge in [0.2, 0.25) is 15.9 Å². The summed E-state index contributed by atoms with van der Waals surface area (Å²) in [5.74, 6) is 1.41. The van der Waals surface area contributed by atoms with Crippen LogP contribution >= 0.6 is 0 Å². The van der Waals surface area contributed by atoms with Crippen LogP contribution in [0.3, 0.4) is 0 Å². The van der Waals surface area contributed by atoms with E-state index < -0.39 is 10.0 Å². The molecular formula is C23H31N5O3S. The van der Waals surface area contributed by atoms with Crippen LogP contribution in [0.4, 0.5) is 11.5 Å². The van der Waals surface area contributed by atoms with Gasteiger partial charge in [-0.3, -0.25) is 9.78 Å². The molecule has 1 aromatic heterocycles. The molecule has 0 spiro atoms. The van der Waals surface area contributed by atoms with Gasteiger partial charge in [0.25, 0.3) is 0 Å². The first-order valence-corrected chi connectivity index (χ1v) is 12.9. The van der Waals surface area contributed by atoms with E-state index in [0.29, 0.717) is 44.2 Å². The SMILES string of the molecule is O=C(CCC1CCCCC1)Nc1ccc(S(=O)(=O)N2CCN(c3cnccn3)CC2)cc1. The summed E-state index contributed by atoms with van der Waals surface area (Å²) in [6.45, 7) is 1.90. The Morgan fingerprint density at radius 3 is 2.38 bits per heavy atom. The molecule has 2 aliphatic rings. The first kappa shape index (κ1) is 22.7. The van der Waals surface area contributed by atoms with E-state index in [1.54, 1.807) is 42.9 Å². The van der Waals surface area contributed by atoms with Gasteiger partial charge < -0.3 is 10.2 Å². The number of hydrogen-bond donors (Lipinski definition) is 1. The molecule has 1 aromatic carbocycles. The predicted octanol–water partition coefficient (Wildman–Crippen LogP) is 3.29. The maximum absolute atomic E-state index is 13.0. The van der Waals surface area contributed by atoms with Crippen molar-refractivity contribution < 1.29 is 13.2 Å². The quantitative estimate of drug-likeness (QED) is 0.686. The van der Waals surface area contributed by atoms with Crippen molar-refractivity contribution in [1.29, 1.82) is 0 Å². The summed E-state index contributed by atoms with van der Waals surface area (Å²) in [5, 5.41) is 2.90. The van der Waals surface area contributed by atoms with Crippen molar-refractivity contribution in [1.82, 2.24) is 14.3 Å². The molecule has 2 aromatic rings. The Morgan fingerprint density at radius 2 is 1.72 bits per heavy atom. The fourth-order valence-electron chi connectivity index (χ4n) is 4.51. The highest BCUT2D eigenvalue weighted by Crippen LogP contribution is 2.27. The molecule has 32 heavy (non-hydrogen) atoms. The molecule has 0 bridgehead atoms. The lowest BCUT2D eigenvalue weighted by atomic mass is 9.86. The third-order valence-electron chi connectivity index (χ3n) is 6.39. The summed E-state index contributed by atoms with van der Waals surface area (Å²) in [6.07, 6.45) is 12.7. The van der Waals surface area contributed by atoms with E-state index in [4.69, 9.17) is 0 Å². The number of nitrogens with zero attached hydrogens (tertiary/aromatic N) is 4. The molecule has 172 valence electrons. The van der Waals surface area contributed by atoms with Crippen LogP contribution in [-0.4, -0.2) is 54.8 Å². The number of nitrogens with one attached hydrogen (secondary N) is 1. The fourth-order valence-corrected chi connectivity index (χ4v) is 5.93. The summed E-state index contributed by atoms with van der Waals surface area (Å²) in [7, 11) is -3.58. The molecule has 1 aliphatic heterocycles. The van der Waals surface area contributed by atoms with Gasteiger partial charge in [0.1, 0.15) is 5.82 Å². The molecular weight excluding hydrogens is 426 g/mol. The summed E-state index contributed by atoms with van der Waals surface area (Å²) >= 11 is 0. The van der Waals surface area contributed by atoms with Gasteiger partial charge in [-0.15, -0.1) is 0 Å². The molecule has 1 aliphatic carbocycles. The van der Waals surface area contributed by atoms with Crippen molar-refractivity contribution in [3.63, 3.8) is 0 Å². The average molecular weight is 458 g/mol. The van der Waals surface area contributed by atoms with Crippen molar-refractivity contribution in [3.05, 3.63) is 42.9 Å². The molecule has 1 saturated heterocycles. The molecule has 8 nitrogen and oxygen atoms in total. The molecule has 2 fully saturated rings. The minimum atomic E-state index is -3.58. The molecule has 4 rings (SSSR count). The van der Waals surface area contributed by atoms with Crippen molar-refractivity contribution in [3.8, 4) is 0 Å². The zero-order valence-corrected chi connectivity index (χ0v) is 19.1. The summed E-state index contributed by atoms with van der Waals surface area (Å²) < 4.78 is 27.6. The van der Waals surface area contributed by atoms with Crippen LogP contribution in [0.5, 0.6) is 0 Å². The van der Waals surface area contributed by atoms with Crippen molar-refractivity contribution in [2.24, 2.45) is 5.92 Å². The molecule has 9 heteroatoms. The van der Waals surface area contributed by atoms with Crippen LogP contribution in [0, 0.1) is 5.92 Å². The lowest BCUT2D eigenvalue weighted by molar-refractivity contribution is -0.116. The number of amides is 1. The third-order valence-corrected chi connectivity index (χ3v) is 8.31. The average Bonchev–Trinajstić information content (AvgIpc) is 2.84. The Bertz CT molecular complexity index is 984. The normalized spacial score (nSPS) is 18.4. The number of carbonyl (C=O) groups excluding carboxylic acids is 1. The number of aromatic nitrogens is 2. The Hall–Kier alpha value is -2.52. The highest BCUT2D eigenvalue weighted by atomic mass is 32.2. The minimum absolute atomic E-state index is 0.00804. The van der Waals surface area contributed by atoms with Gasteiger partial charge in [-0.2, -0.15) is 4.31 Å². The Balaban J connectivity index is 1.29. The second-order valence-electron chi connectivity index (χ2n) is 8.57. The zero-order chi connectivity index (χ0) is 22.4. The van der Waals surface area contributed by atoms with E-state index in [2.05, 4.69) is 15.3 Å². The molecule has 1 amide bonds. The monoisotopic (exact) mass is 457 g/mol. The van der Waals surface area contributed by atoms with Crippen LogP contribution in [0.2, 0.25) is 0 Å². The number of piperazine rings is 1. The summed E-state index contributed by atoms with van der Waals surface area (Å²) in [6, 6.07) is 6.48. The smallest absolute Gasteiger partial charge is 0.243 e. The van der Waals surface area contributed by atoms with Crippen molar-refractivity contribution >= 4 is 27.4 Å². The first-order valence-electron chi connectivity index (χ1n) is 11.4. The Labute approximate surface area is 190 Å². The van der Waals surface area contributed by atoms with E-state index in [9.17, 15) is 13.2 Å². The number of anilines is 2. The van der Waals surface area contributed by atoms with Gasteiger partial charge >= 0.3 is 0 Å². The van der Waals surface area contributed by atoms with Gasteiger partial charge in [0.05, 0.1) is 11.1 Å². The van der Waals surface area contributed by atoms with Crippen LogP contribution in [0.25, 0.3) is 0 Å². The number of sulfonamides is 1. The van der Waals surface area contributed by atoms with Crippen molar-refractivity contribution in [2.45, 2.75) is 49.8 Å². The minimum Gasteiger partial charge on any atom is -0.353 e.